The first-order chi connectivity index (χ1) is 10.1. The summed E-state index contributed by atoms with van der Waals surface area (Å²) in [6.07, 6.45) is -0.195. The van der Waals surface area contributed by atoms with Gasteiger partial charge in [-0.25, -0.2) is 0 Å². The maximum atomic E-state index is 11.6. The maximum absolute atomic E-state index is 11.6. The van der Waals surface area contributed by atoms with Crippen molar-refractivity contribution in [2.75, 3.05) is 11.1 Å². The van der Waals surface area contributed by atoms with E-state index < -0.39 is 5.97 Å². The molecule has 0 radical (unpaired) electrons. The lowest BCUT2D eigenvalue weighted by atomic mass is 10.3. The summed E-state index contributed by atoms with van der Waals surface area (Å²) in [6.45, 7) is 3.52. The number of nitriles is 2. The molecule has 0 saturated heterocycles. The van der Waals surface area contributed by atoms with Crippen molar-refractivity contribution in [3.8, 4) is 12.1 Å². The van der Waals surface area contributed by atoms with Crippen molar-refractivity contribution in [1.29, 1.82) is 10.5 Å². The Hall–Kier alpha value is -2.44. The first-order valence-electron chi connectivity index (χ1n) is 6.25. The fourth-order valence-corrected chi connectivity index (χ4v) is 2.13. The van der Waals surface area contributed by atoms with Gasteiger partial charge in [-0.15, -0.1) is 0 Å². The number of anilines is 1. The van der Waals surface area contributed by atoms with Gasteiger partial charge in [-0.1, -0.05) is 30.0 Å². The van der Waals surface area contributed by atoms with Crippen LogP contribution in [0.3, 0.4) is 0 Å². The molecular weight excluding hydrogens is 286 g/mol. The van der Waals surface area contributed by atoms with E-state index in [2.05, 4.69) is 5.32 Å². The molecular formula is C15H15N3O2S. The van der Waals surface area contributed by atoms with Crippen LogP contribution in [0, 0.1) is 22.7 Å². The number of rotatable bonds is 6. The van der Waals surface area contributed by atoms with Crippen LogP contribution in [-0.4, -0.2) is 17.8 Å². The number of thioether (sulfide) groups is 1. The van der Waals surface area contributed by atoms with E-state index in [0.29, 0.717) is 5.03 Å². The normalized spacial score (nSPS) is 9.38. The molecule has 0 saturated carbocycles. The summed E-state index contributed by atoms with van der Waals surface area (Å²) >= 11 is 1.07. The number of nitrogens with zero attached hydrogens (tertiary/aromatic N) is 2. The van der Waals surface area contributed by atoms with Crippen LogP contribution in [0.25, 0.3) is 0 Å². The number of allylic oxidation sites excluding steroid dienone is 1. The molecule has 6 heteroatoms. The molecule has 0 aliphatic rings. The summed E-state index contributed by atoms with van der Waals surface area (Å²) in [5, 5.41) is 21.3. The van der Waals surface area contributed by atoms with Crippen molar-refractivity contribution in [3.05, 3.63) is 40.9 Å². The van der Waals surface area contributed by atoms with E-state index in [9.17, 15) is 4.79 Å². The van der Waals surface area contributed by atoms with Crippen LogP contribution in [-0.2, 0) is 9.53 Å². The van der Waals surface area contributed by atoms with E-state index in [4.69, 9.17) is 15.3 Å². The van der Waals surface area contributed by atoms with Gasteiger partial charge in [0.15, 0.2) is 5.57 Å². The van der Waals surface area contributed by atoms with E-state index in [1.165, 1.54) is 0 Å². The minimum atomic E-state index is -0.391. The highest BCUT2D eigenvalue weighted by atomic mass is 32.2. The van der Waals surface area contributed by atoms with Gasteiger partial charge in [0.2, 0.25) is 0 Å². The van der Waals surface area contributed by atoms with Gasteiger partial charge < -0.3 is 10.1 Å². The van der Waals surface area contributed by atoms with Crippen LogP contribution in [0.5, 0.6) is 0 Å². The third-order valence-electron chi connectivity index (χ3n) is 2.18. The zero-order chi connectivity index (χ0) is 15.7. The lowest BCUT2D eigenvalue weighted by molar-refractivity contribution is -0.144. The molecule has 0 heterocycles. The van der Waals surface area contributed by atoms with Crippen molar-refractivity contribution >= 4 is 23.4 Å². The van der Waals surface area contributed by atoms with Gasteiger partial charge in [0.05, 0.1) is 11.9 Å². The number of ether oxygens (including phenoxy) is 1. The molecule has 0 aliphatic carbocycles. The molecule has 0 aromatic heterocycles. The molecule has 0 atom stereocenters. The van der Waals surface area contributed by atoms with Gasteiger partial charge in [0.25, 0.3) is 0 Å². The third-order valence-corrected chi connectivity index (χ3v) is 3.16. The number of hydrogen-bond donors (Lipinski definition) is 1. The molecule has 0 unspecified atom stereocenters. The van der Waals surface area contributed by atoms with Gasteiger partial charge in [-0.05, 0) is 26.0 Å². The number of benzene rings is 1. The molecule has 21 heavy (non-hydrogen) atoms. The summed E-state index contributed by atoms with van der Waals surface area (Å²) in [5.74, 6) is -0.363. The summed E-state index contributed by atoms with van der Waals surface area (Å²) < 4.78 is 5.02. The highest BCUT2D eigenvalue weighted by Gasteiger charge is 2.12. The molecule has 108 valence electrons. The average molecular weight is 301 g/mol. The summed E-state index contributed by atoms with van der Waals surface area (Å²) in [5.41, 5.74) is 0.668. The Morgan fingerprint density at radius 3 is 2.43 bits per heavy atom. The molecule has 5 nitrogen and oxygen atoms in total. The Balaban J connectivity index is 2.81. The fourth-order valence-electron chi connectivity index (χ4n) is 1.38. The number of para-hydroxylation sites is 1. The third kappa shape index (κ3) is 6.03. The van der Waals surface area contributed by atoms with Crippen LogP contribution < -0.4 is 5.32 Å². The molecule has 1 rings (SSSR count). The number of hydrogen-bond acceptors (Lipinski definition) is 6. The van der Waals surface area contributed by atoms with Crippen LogP contribution in [0.2, 0.25) is 0 Å². The van der Waals surface area contributed by atoms with Crippen LogP contribution >= 0.6 is 11.8 Å². The monoisotopic (exact) mass is 301 g/mol. The van der Waals surface area contributed by atoms with E-state index >= 15 is 0 Å². The smallest absolute Gasteiger partial charge is 0.316 e. The second kappa shape index (κ2) is 8.68. The Bertz CT molecular complexity index is 582. The molecule has 1 aromatic rings. The Morgan fingerprint density at radius 2 is 1.90 bits per heavy atom. The molecule has 1 aromatic carbocycles. The van der Waals surface area contributed by atoms with Crippen molar-refractivity contribution in [3.63, 3.8) is 0 Å². The minimum absolute atomic E-state index is 0.0280. The standard InChI is InChI=1S/C15H15N3O2S/c1-11(2)20-14(19)10-21-15(12(8-16)9-17)18-13-6-4-3-5-7-13/h3-7,11,18H,10H2,1-2H3. The maximum Gasteiger partial charge on any atom is 0.316 e. The summed E-state index contributed by atoms with van der Waals surface area (Å²) in [6, 6.07) is 12.8. The molecule has 0 bridgehead atoms. The lowest BCUT2D eigenvalue weighted by Gasteiger charge is -2.11. The second-order valence-electron chi connectivity index (χ2n) is 4.25. The molecule has 0 fully saturated rings. The molecule has 0 amide bonds. The highest BCUT2D eigenvalue weighted by molar-refractivity contribution is 8.03. The first kappa shape index (κ1) is 16.6. The van der Waals surface area contributed by atoms with Gasteiger partial charge in [-0.2, -0.15) is 10.5 Å². The van der Waals surface area contributed by atoms with Crippen molar-refractivity contribution in [2.45, 2.75) is 20.0 Å². The van der Waals surface area contributed by atoms with Crippen LogP contribution in [0.1, 0.15) is 13.8 Å². The Morgan fingerprint density at radius 1 is 1.29 bits per heavy atom. The van der Waals surface area contributed by atoms with Crippen LogP contribution in [0.15, 0.2) is 40.9 Å². The average Bonchev–Trinajstić information content (AvgIpc) is 2.46. The largest absolute Gasteiger partial charge is 0.462 e. The Kier molecular flexibility index (Phi) is 6.86. The van der Waals surface area contributed by atoms with Crippen molar-refractivity contribution < 1.29 is 9.53 Å². The number of nitrogens with one attached hydrogen (secondary N) is 1. The second-order valence-corrected chi connectivity index (χ2v) is 5.23. The van der Waals surface area contributed by atoms with E-state index in [0.717, 1.165) is 17.4 Å². The predicted octanol–water partition coefficient (Wildman–Crippen LogP) is 3.04. The van der Waals surface area contributed by atoms with Gasteiger partial charge in [0.1, 0.15) is 17.2 Å². The van der Waals surface area contributed by atoms with E-state index in [1.807, 2.05) is 30.3 Å². The zero-order valence-corrected chi connectivity index (χ0v) is 12.6. The molecule has 0 spiro atoms. The topological polar surface area (TPSA) is 85.9 Å². The van der Waals surface area contributed by atoms with E-state index in [-0.39, 0.29) is 17.4 Å². The zero-order valence-electron chi connectivity index (χ0n) is 11.8. The predicted molar refractivity (Wildman–Crippen MR) is 82.0 cm³/mol. The highest BCUT2D eigenvalue weighted by Crippen LogP contribution is 2.22. The molecule has 0 aliphatic heterocycles. The van der Waals surface area contributed by atoms with Gasteiger partial charge >= 0.3 is 5.97 Å². The number of carbonyl (C=O) groups is 1. The fraction of sp³-hybridized carbons (Fsp3) is 0.267. The quantitative estimate of drug-likeness (QED) is 0.642. The molecule has 1 N–H and O–H groups in total. The van der Waals surface area contributed by atoms with Crippen LogP contribution in [0.4, 0.5) is 5.69 Å². The van der Waals surface area contributed by atoms with Gasteiger partial charge in [-0.3, -0.25) is 4.79 Å². The summed E-state index contributed by atoms with van der Waals surface area (Å²) in [7, 11) is 0. The summed E-state index contributed by atoms with van der Waals surface area (Å²) in [4.78, 5) is 11.6. The SMILES string of the molecule is CC(C)OC(=O)CSC(Nc1ccccc1)=C(C#N)C#N. The van der Waals surface area contributed by atoms with E-state index in [1.54, 1.807) is 26.0 Å². The lowest BCUT2D eigenvalue weighted by Crippen LogP contribution is -2.14. The number of esters is 1. The Labute approximate surface area is 128 Å². The minimum Gasteiger partial charge on any atom is -0.462 e. The number of carbonyl (C=O) groups excluding carboxylic acids is 1. The van der Waals surface area contributed by atoms with Crippen molar-refractivity contribution in [2.24, 2.45) is 0 Å². The van der Waals surface area contributed by atoms with Crippen molar-refractivity contribution in [1.82, 2.24) is 0 Å². The first-order valence-corrected chi connectivity index (χ1v) is 7.24. The van der Waals surface area contributed by atoms with Gasteiger partial charge in [0, 0.05) is 5.69 Å².